The Labute approximate surface area is 247 Å². The number of benzene rings is 3. The van der Waals surface area contributed by atoms with Crippen LogP contribution in [0.25, 0.3) is 10.2 Å². The number of anilines is 1. The number of rotatable bonds is 9. The van der Waals surface area contributed by atoms with Gasteiger partial charge in [-0.2, -0.15) is 0 Å². The molecule has 0 saturated carbocycles. The highest BCUT2D eigenvalue weighted by molar-refractivity contribution is 7.22. The SMILES string of the molecule is CC(Oc1ccc2nc(NC(=O)NCCN3CCC(Cc4ccccc4)CC3)sc2c1)c1c(Cl)ccc(F)c1Cl. The van der Waals surface area contributed by atoms with E-state index in [9.17, 15) is 9.18 Å². The van der Waals surface area contributed by atoms with Crippen molar-refractivity contribution in [3.05, 3.63) is 87.7 Å². The number of urea groups is 1. The molecule has 1 saturated heterocycles. The Hall–Kier alpha value is -2.91. The van der Waals surface area contributed by atoms with Crippen molar-refractivity contribution in [1.82, 2.24) is 15.2 Å². The predicted octanol–water partition coefficient (Wildman–Crippen LogP) is 7.96. The zero-order chi connectivity index (χ0) is 28.1. The number of piperidine rings is 1. The number of thiazole rings is 1. The van der Waals surface area contributed by atoms with Crippen LogP contribution in [0.15, 0.2) is 60.7 Å². The van der Waals surface area contributed by atoms with Gasteiger partial charge in [0.1, 0.15) is 17.7 Å². The van der Waals surface area contributed by atoms with Gasteiger partial charge in [0.2, 0.25) is 0 Å². The topological polar surface area (TPSA) is 66.5 Å². The van der Waals surface area contributed by atoms with Gasteiger partial charge in [0.05, 0.1) is 15.2 Å². The van der Waals surface area contributed by atoms with E-state index in [-0.39, 0.29) is 11.1 Å². The Bertz CT molecular complexity index is 1460. The summed E-state index contributed by atoms with van der Waals surface area (Å²) in [5.41, 5.74) is 2.54. The lowest BCUT2D eigenvalue weighted by atomic mass is 9.90. The zero-order valence-corrected chi connectivity index (χ0v) is 24.5. The van der Waals surface area contributed by atoms with E-state index < -0.39 is 11.9 Å². The standard InChI is InChI=1S/C30H31Cl2FN4O2S/c1-19(27-23(31)8-9-24(33)28(27)32)39-22-7-10-25-26(18-22)40-30(35-25)36-29(38)34-13-16-37-14-11-21(12-15-37)17-20-5-3-2-4-6-20/h2-10,18-19,21H,11-17H2,1H3,(H2,34,35,36,38). The Morgan fingerprint density at radius 2 is 1.93 bits per heavy atom. The van der Waals surface area contributed by atoms with Crippen LogP contribution in [-0.2, 0) is 6.42 Å². The van der Waals surface area contributed by atoms with Crippen molar-refractivity contribution in [2.45, 2.75) is 32.3 Å². The number of carbonyl (C=O) groups is 1. The molecule has 1 fully saturated rings. The first-order valence-electron chi connectivity index (χ1n) is 13.4. The Morgan fingerprint density at radius 1 is 1.15 bits per heavy atom. The second-order valence-corrected chi connectivity index (χ2v) is 11.8. The smallest absolute Gasteiger partial charge is 0.321 e. The number of hydrogen-bond acceptors (Lipinski definition) is 5. The molecule has 2 N–H and O–H groups in total. The summed E-state index contributed by atoms with van der Waals surface area (Å²) in [6, 6.07) is 18.5. The van der Waals surface area contributed by atoms with Crippen molar-refractivity contribution in [1.29, 1.82) is 0 Å². The summed E-state index contributed by atoms with van der Waals surface area (Å²) >= 11 is 13.7. The monoisotopic (exact) mass is 600 g/mol. The van der Waals surface area contributed by atoms with Gasteiger partial charge in [0, 0.05) is 23.7 Å². The molecule has 0 spiro atoms. The molecule has 2 amide bonds. The molecule has 6 nitrogen and oxygen atoms in total. The summed E-state index contributed by atoms with van der Waals surface area (Å²) in [7, 11) is 0. The third-order valence-electron chi connectivity index (χ3n) is 7.17. The molecule has 2 heterocycles. The van der Waals surface area contributed by atoms with E-state index >= 15 is 0 Å². The lowest BCUT2D eigenvalue weighted by Gasteiger charge is -2.32. The van der Waals surface area contributed by atoms with Gasteiger partial charge in [-0.05, 0) is 81.1 Å². The number of fused-ring (bicyclic) bond motifs is 1. The highest BCUT2D eigenvalue weighted by Crippen LogP contribution is 2.36. The van der Waals surface area contributed by atoms with Crippen LogP contribution in [0.4, 0.5) is 14.3 Å². The molecule has 0 radical (unpaired) electrons. The highest BCUT2D eigenvalue weighted by Gasteiger charge is 2.20. The third kappa shape index (κ3) is 7.23. The van der Waals surface area contributed by atoms with Gasteiger partial charge < -0.3 is 15.0 Å². The molecule has 1 unspecified atom stereocenters. The van der Waals surface area contributed by atoms with Crippen LogP contribution in [0.2, 0.25) is 10.0 Å². The first-order valence-corrected chi connectivity index (χ1v) is 14.9. The maximum absolute atomic E-state index is 13.9. The van der Waals surface area contributed by atoms with Crippen LogP contribution in [0.3, 0.4) is 0 Å². The van der Waals surface area contributed by atoms with Gasteiger partial charge in [-0.3, -0.25) is 5.32 Å². The molecule has 0 bridgehead atoms. The maximum Gasteiger partial charge on any atom is 0.321 e. The van der Waals surface area contributed by atoms with Crippen LogP contribution >= 0.6 is 34.5 Å². The molecule has 4 aromatic rings. The first kappa shape index (κ1) is 28.6. The normalized spacial score (nSPS) is 15.2. The Balaban J connectivity index is 1.08. The Morgan fingerprint density at radius 3 is 2.70 bits per heavy atom. The molecular formula is C30H31Cl2FN4O2S. The van der Waals surface area contributed by atoms with Crippen molar-refractivity contribution in [3.63, 3.8) is 0 Å². The number of nitrogens with one attached hydrogen (secondary N) is 2. The molecule has 3 aromatic carbocycles. The number of likely N-dealkylation sites (tertiary alicyclic amines) is 1. The largest absolute Gasteiger partial charge is 0.486 e. The maximum atomic E-state index is 13.9. The van der Waals surface area contributed by atoms with Gasteiger partial charge >= 0.3 is 6.03 Å². The summed E-state index contributed by atoms with van der Waals surface area (Å²) in [6.07, 6.45) is 2.93. The van der Waals surface area contributed by atoms with Crippen LogP contribution in [-0.4, -0.2) is 42.1 Å². The number of amides is 2. The van der Waals surface area contributed by atoms with Crippen LogP contribution in [0.1, 0.15) is 37.0 Å². The lowest BCUT2D eigenvalue weighted by Crippen LogP contribution is -2.40. The van der Waals surface area contributed by atoms with Gasteiger partial charge in [0.25, 0.3) is 0 Å². The fraction of sp³-hybridized carbons (Fsp3) is 0.333. The van der Waals surface area contributed by atoms with Crippen molar-refractivity contribution >= 4 is 55.9 Å². The van der Waals surface area contributed by atoms with E-state index in [0.717, 1.165) is 42.2 Å². The number of nitrogens with zero attached hydrogens (tertiary/aromatic N) is 2. The first-order chi connectivity index (χ1) is 19.4. The summed E-state index contributed by atoms with van der Waals surface area (Å²) < 4.78 is 20.8. The van der Waals surface area contributed by atoms with E-state index in [0.29, 0.717) is 28.0 Å². The summed E-state index contributed by atoms with van der Waals surface area (Å²) in [6.45, 7) is 5.26. The molecule has 1 aromatic heterocycles. The Kier molecular flexibility index (Phi) is 9.42. The molecule has 0 aliphatic carbocycles. The van der Waals surface area contributed by atoms with E-state index in [2.05, 4.69) is 50.8 Å². The second-order valence-electron chi connectivity index (χ2n) is 10.0. The number of hydrogen-bond donors (Lipinski definition) is 2. The van der Waals surface area contributed by atoms with Crippen molar-refractivity contribution in [3.8, 4) is 5.75 Å². The minimum absolute atomic E-state index is 0.0519. The third-order valence-corrected chi connectivity index (χ3v) is 8.81. The van der Waals surface area contributed by atoms with Gasteiger partial charge in [-0.15, -0.1) is 0 Å². The van der Waals surface area contributed by atoms with Crippen molar-refractivity contribution < 1.29 is 13.9 Å². The van der Waals surface area contributed by atoms with E-state index in [4.69, 9.17) is 27.9 Å². The zero-order valence-electron chi connectivity index (χ0n) is 22.1. The van der Waals surface area contributed by atoms with Gasteiger partial charge in [0.15, 0.2) is 5.13 Å². The summed E-state index contributed by atoms with van der Waals surface area (Å²) in [5, 5.41) is 6.55. The van der Waals surface area contributed by atoms with Crippen molar-refractivity contribution in [2.24, 2.45) is 5.92 Å². The van der Waals surface area contributed by atoms with Crippen LogP contribution in [0.5, 0.6) is 5.75 Å². The van der Waals surface area contributed by atoms with Crippen LogP contribution in [0, 0.1) is 11.7 Å². The molecule has 1 aliphatic rings. The van der Waals surface area contributed by atoms with E-state index in [1.165, 1.54) is 41.9 Å². The summed E-state index contributed by atoms with van der Waals surface area (Å²) in [4.78, 5) is 19.4. The number of carbonyl (C=O) groups excluding carboxylic acids is 1. The fourth-order valence-electron chi connectivity index (χ4n) is 5.04. The van der Waals surface area contributed by atoms with E-state index in [1.807, 2.05) is 12.1 Å². The molecule has 40 heavy (non-hydrogen) atoms. The molecule has 1 atom stereocenters. The fourth-order valence-corrected chi connectivity index (χ4v) is 6.61. The van der Waals surface area contributed by atoms with Crippen LogP contribution < -0.4 is 15.4 Å². The number of halogens is 3. The van der Waals surface area contributed by atoms with Crippen molar-refractivity contribution in [2.75, 3.05) is 31.5 Å². The lowest BCUT2D eigenvalue weighted by molar-refractivity contribution is 0.184. The highest BCUT2D eigenvalue weighted by atomic mass is 35.5. The molecule has 5 rings (SSSR count). The minimum atomic E-state index is -0.570. The molecule has 1 aliphatic heterocycles. The predicted molar refractivity (Wildman–Crippen MR) is 161 cm³/mol. The van der Waals surface area contributed by atoms with Gasteiger partial charge in [-0.1, -0.05) is 64.9 Å². The average molecular weight is 602 g/mol. The molecular weight excluding hydrogens is 570 g/mol. The average Bonchev–Trinajstić information content (AvgIpc) is 3.34. The summed E-state index contributed by atoms with van der Waals surface area (Å²) in [5.74, 6) is 0.732. The number of ether oxygens (including phenoxy) is 1. The molecule has 10 heteroatoms. The molecule has 210 valence electrons. The second kappa shape index (κ2) is 13.2. The van der Waals surface area contributed by atoms with E-state index in [1.54, 1.807) is 13.0 Å². The minimum Gasteiger partial charge on any atom is -0.486 e. The number of aromatic nitrogens is 1. The van der Waals surface area contributed by atoms with Gasteiger partial charge in [-0.25, -0.2) is 14.2 Å². The quantitative estimate of drug-likeness (QED) is 0.191.